The molecule has 3 rings (SSSR count). The third-order valence-electron chi connectivity index (χ3n) is 3.72. The van der Waals surface area contributed by atoms with Crippen LogP contribution in [0.4, 0.5) is 4.39 Å². The van der Waals surface area contributed by atoms with E-state index in [1.165, 1.54) is 11.6 Å². The van der Waals surface area contributed by atoms with Crippen LogP contribution in [0.15, 0.2) is 47.6 Å². The Bertz CT molecular complexity index is 842. The minimum Gasteiger partial charge on any atom is -0.274 e. The zero-order valence-electron chi connectivity index (χ0n) is 13.4. The largest absolute Gasteiger partial charge is 0.274 e. The van der Waals surface area contributed by atoms with Gasteiger partial charge in [0.25, 0.3) is 0 Å². The monoisotopic (exact) mass is 327 g/mol. The fourth-order valence-electron chi connectivity index (χ4n) is 2.46. The minimum absolute atomic E-state index is 0.199. The van der Waals surface area contributed by atoms with E-state index in [9.17, 15) is 4.39 Å². The van der Waals surface area contributed by atoms with Crippen LogP contribution in [0.3, 0.4) is 0 Å². The fraction of sp³-hybridized carbons (Fsp3) is 0.222. The predicted octanol–water partition coefficient (Wildman–Crippen LogP) is 4.62. The van der Waals surface area contributed by atoms with E-state index >= 15 is 0 Å². The zero-order valence-corrected chi connectivity index (χ0v) is 14.2. The van der Waals surface area contributed by atoms with Gasteiger partial charge in [-0.25, -0.2) is 4.39 Å². The van der Waals surface area contributed by atoms with E-state index in [4.69, 9.17) is 0 Å². The second kappa shape index (κ2) is 6.54. The number of rotatable bonds is 4. The van der Waals surface area contributed by atoms with Gasteiger partial charge in [-0.2, -0.15) is 0 Å². The molecule has 0 amide bonds. The molecule has 0 fully saturated rings. The molecule has 118 valence electrons. The summed E-state index contributed by atoms with van der Waals surface area (Å²) in [7, 11) is 0. The summed E-state index contributed by atoms with van der Waals surface area (Å²) in [4.78, 5) is 0. The number of aromatic nitrogens is 3. The van der Waals surface area contributed by atoms with Gasteiger partial charge < -0.3 is 0 Å². The molecule has 1 heterocycles. The second-order valence-electron chi connectivity index (χ2n) is 5.56. The van der Waals surface area contributed by atoms with Crippen LogP contribution < -0.4 is 0 Å². The Kier molecular flexibility index (Phi) is 4.48. The summed E-state index contributed by atoms with van der Waals surface area (Å²) in [5, 5.41) is 9.33. The van der Waals surface area contributed by atoms with E-state index in [1.807, 2.05) is 26.0 Å². The van der Waals surface area contributed by atoms with Crippen molar-refractivity contribution in [3.8, 4) is 5.69 Å². The molecular formula is C18H18FN3S. The molecule has 0 bridgehead atoms. The van der Waals surface area contributed by atoms with Crippen LogP contribution in [0.25, 0.3) is 5.69 Å². The van der Waals surface area contributed by atoms with Gasteiger partial charge in [0.2, 0.25) is 0 Å². The lowest BCUT2D eigenvalue weighted by molar-refractivity contribution is 0.626. The molecule has 0 atom stereocenters. The molecular weight excluding hydrogens is 309 g/mol. The SMILES string of the molecule is Cc1cccc(-n2c(C)nnc2SCc2ccc(F)cc2C)c1. The maximum atomic E-state index is 13.2. The first-order valence-corrected chi connectivity index (χ1v) is 8.40. The molecule has 0 aliphatic carbocycles. The average molecular weight is 327 g/mol. The van der Waals surface area contributed by atoms with Crippen molar-refractivity contribution in [3.63, 3.8) is 0 Å². The van der Waals surface area contributed by atoms with Gasteiger partial charge in [0.05, 0.1) is 0 Å². The Morgan fingerprint density at radius 2 is 1.87 bits per heavy atom. The van der Waals surface area contributed by atoms with Crippen molar-refractivity contribution in [2.45, 2.75) is 31.7 Å². The Morgan fingerprint density at radius 3 is 2.61 bits per heavy atom. The van der Waals surface area contributed by atoms with Crippen LogP contribution in [0.1, 0.15) is 22.5 Å². The van der Waals surface area contributed by atoms with E-state index in [2.05, 4.69) is 39.9 Å². The molecule has 2 aromatic carbocycles. The second-order valence-corrected chi connectivity index (χ2v) is 6.51. The van der Waals surface area contributed by atoms with Gasteiger partial charge >= 0.3 is 0 Å². The van der Waals surface area contributed by atoms with E-state index < -0.39 is 0 Å². The molecule has 1 aromatic heterocycles. The summed E-state index contributed by atoms with van der Waals surface area (Å²) >= 11 is 1.61. The van der Waals surface area contributed by atoms with E-state index in [1.54, 1.807) is 17.8 Å². The van der Waals surface area contributed by atoms with Gasteiger partial charge in [0.1, 0.15) is 11.6 Å². The lowest BCUT2D eigenvalue weighted by Gasteiger charge is -2.10. The number of thioether (sulfide) groups is 1. The molecule has 3 nitrogen and oxygen atoms in total. The third kappa shape index (κ3) is 3.45. The highest BCUT2D eigenvalue weighted by Gasteiger charge is 2.12. The first-order chi connectivity index (χ1) is 11.0. The highest BCUT2D eigenvalue weighted by atomic mass is 32.2. The van der Waals surface area contributed by atoms with Crippen LogP contribution in [0.2, 0.25) is 0 Å². The number of nitrogens with zero attached hydrogens (tertiary/aromatic N) is 3. The Hall–Kier alpha value is -2.14. The van der Waals surface area contributed by atoms with Gasteiger partial charge in [-0.3, -0.25) is 4.57 Å². The predicted molar refractivity (Wildman–Crippen MR) is 91.5 cm³/mol. The summed E-state index contributed by atoms with van der Waals surface area (Å²) in [6.45, 7) is 5.94. The minimum atomic E-state index is -0.199. The van der Waals surface area contributed by atoms with Crippen molar-refractivity contribution in [3.05, 3.63) is 70.8 Å². The van der Waals surface area contributed by atoms with Gasteiger partial charge in [-0.05, 0) is 61.7 Å². The Labute approximate surface area is 139 Å². The molecule has 5 heteroatoms. The number of hydrogen-bond acceptors (Lipinski definition) is 3. The molecule has 0 spiro atoms. The van der Waals surface area contributed by atoms with Crippen molar-refractivity contribution in [2.24, 2.45) is 0 Å². The van der Waals surface area contributed by atoms with Crippen LogP contribution in [0, 0.1) is 26.6 Å². The molecule has 0 unspecified atom stereocenters. The molecule has 0 saturated carbocycles. The third-order valence-corrected chi connectivity index (χ3v) is 4.69. The van der Waals surface area contributed by atoms with Crippen LogP contribution in [-0.4, -0.2) is 14.8 Å². The van der Waals surface area contributed by atoms with Crippen LogP contribution in [-0.2, 0) is 5.75 Å². The number of aryl methyl sites for hydroxylation is 3. The summed E-state index contributed by atoms with van der Waals surface area (Å²) in [6.07, 6.45) is 0. The molecule has 23 heavy (non-hydrogen) atoms. The van der Waals surface area contributed by atoms with E-state index in [-0.39, 0.29) is 5.82 Å². The summed E-state index contributed by atoms with van der Waals surface area (Å²) in [6, 6.07) is 13.2. The maximum Gasteiger partial charge on any atom is 0.196 e. The summed E-state index contributed by atoms with van der Waals surface area (Å²) in [5.74, 6) is 1.39. The van der Waals surface area contributed by atoms with E-state index in [0.717, 1.165) is 33.5 Å². The standard InChI is InChI=1S/C18H18FN3S/c1-12-5-4-6-17(9-12)22-14(3)20-21-18(22)23-11-15-7-8-16(19)10-13(15)2/h4-10H,11H2,1-3H3. The van der Waals surface area contributed by atoms with Crippen molar-refractivity contribution < 1.29 is 4.39 Å². The first-order valence-electron chi connectivity index (χ1n) is 7.41. The number of benzene rings is 2. The molecule has 0 aliphatic heterocycles. The number of halogens is 1. The summed E-state index contributed by atoms with van der Waals surface area (Å²) < 4.78 is 15.3. The molecule has 0 saturated heterocycles. The van der Waals surface area contributed by atoms with Gasteiger partial charge in [-0.1, -0.05) is 30.0 Å². The van der Waals surface area contributed by atoms with E-state index in [0.29, 0.717) is 0 Å². The van der Waals surface area contributed by atoms with Crippen LogP contribution in [0.5, 0.6) is 0 Å². The van der Waals surface area contributed by atoms with Crippen molar-refractivity contribution in [1.29, 1.82) is 0 Å². The van der Waals surface area contributed by atoms with Crippen molar-refractivity contribution in [2.75, 3.05) is 0 Å². The highest BCUT2D eigenvalue weighted by molar-refractivity contribution is 7.98. The molecule has 0 N–H and O–H groups in total. The topological polar surface area (TPSA) is 30.7 Å². The quantitative estimate of drug-likeness (QED) is 0.655. The lowest BCUT2D eigenvalue weighted by atomic mass is 10.1. The maximum absolute atomic E-state index is 13.2. The van der Waals surface area contributed by atoms with Crippen molar-refractivity contribution >= 4 is 11.8 Å². The van der Waals surface area contributed by atoms with Crippen molar-refractivity contribution in [1.82, 2.24) is 14.8 Å². The highest BCUT2D eigenvalue weighted by Crippen LogP contribution is 2.26. The zero-order chi connectivity index (χ0) is 16.4. The van der Waals surface area contributed by atoms with Crippen LogP contribution >= 0.6 is 11.8 Å². The molecule has 0 radical (unpaired) electrons. The smallest absolute Gasteiger partial charge is 0.196 e. The summed E-state index contributed by atoms with van der Waals surface area (Å²) in [5.41, 5.74) is 4.32. The Morgan fingerprint density at radius 1 is 1.04 bits per heavy atom. The van der Waals surface area contributed by atoms with Gasteiger partial charge in [0.15, 0.2) is 5.16 Å². The normalized spacial score (nSPS) is 11.0. The lowest BCUT2D eigenvalue weighted by Crippen LogP contribution is -2.00. The Balaban J connectivity index is 1.87. The molecule has 0 aliphatic rings. The van der Waals surface area contributed by atoms with Gasteiger partial charge in [0, 0.05) is 11.4 Å². The fourth-order valence-corrected chi connectivity index (χ4v) is 3.54. The van der Waals surface area contributed by atoms with Gasteiger partial charge in [-0.15, -0.1) is 10.2 Å². The molecule has 3 aromatic rings. The first kappa shape index (κ1) is 15.7. The number of hydrogen-bond donors (Lipinski definition) is 0. The average Bonchev–Trinajstić information content (AvgIpc) is 2.87.